The number of nitriles is 1. The van der Waals surface area contributed by atoms with Crippen LogP contribution in [-0.4, -0.2) is 14.5 Å². The van der Waals surface area contributed by atoms with Crippen LogP contribution in [0.2, 0.25) is 5.02 Å². The van der Waals surface area contributed by atoms with Crippen LogP contribution in [0.15, 0.2) is 47.4 Å². The van der Waals surface area contributed by atoms with E-state index in [1.165, 1.54) is 0 Å². The van der Waals surface area contributed by atoms with Crippen LogP contribution >= 0.6 is 11.6 Å². The first-order valence-corrected chi connectivity index (χ1v) is 9.39. The smallest absolute Gasteiger partial charge is 0.240 e. The molecule has 0 heterocycles. The van der Waals surface area contributed by atoms with Crippen molar-refractivity contribution < 1.29 is 8.42 Å². The molecule has 0 amide bonds. The van der Waals surface area contributed by atoms with Gasteiger partial charge in [-0.05, 0) is 48.7 Å². The summed E-state index contributed by atoms with van der Waals surface area (Å²) < 4.78 is 26.9. The third-order valence-corrected chi connectivity index (χ3v) is 5.57. The largest absolute Gasteiger partial charge is 0.381 e. The van der Waals surface area contributed by atoms with Crippen LogP contribution in [0.1, 0.15) is 24.0 Å². The molecule has 1 aliphatic carbocycles. The van der Waals surface area contributed by atoms with Gasteiger partial charge in [0.2, 0.25) is 10.0 Å². The van der Waals surface area contributed by atoms with Crippen molar-refractivity contribution in [2.75, 3.05) is 5.32 Å². The molecule has 124 valence electrons. The molecule has 0 radical (unpaired) electrons. The third-order valence-electron chi connectivity index (χ3n) is 3.72. The molecule has 0 atom stereocenters. The van der Waals surface area contributed by atoms with Crippen molar-refractivity contribution in [3.8, 4) is 6.07 Å². The Labute approximate surface area is 146 Å². The summed E-state index contributed by atoms with van der Waals surface area (Å²) in [5, 5.41) is 12.5. The molecule has 1 aliphatic rings. The first-order chi connectivity index (χ1) is 11.5. The molecule has 3 rings (SSSR count). The Bertz CT molecular complexity index is 885. The van der Waals surface area contributed by atoms with Crippen LogP contribution in [0.3, 0.4) is 0 Å². The number of nitrogens with zero attached hydrogens (tertiary/aromatic N) is 1. The number of hydrogen-bond acceptors (Lipinski definition) is 4. The Kier molecular flexibility index (Phi) is 4.76. The molecule has 0 spiro atoms. The Balaban J connectivity index is 1.64. The van der Waals surface area contributed by atoms with Crippen LogP contribution in [0.5, 0.6) is 0 Å². The molecule has 0 aromatic heterocycles. The zero-order chi connectivity index (χ0) is 17.2. The molecule has 1 saturated carbocycles. The Morgan fingerprint density at radius 2 is 1.88 bits per heavy atom. The third kappa shape index (κ3) is 4.06. The molecule has 7 heteroatoms. The number of rotatable bonds is 6. The molecule has 0 saturated heterocycles. The molecular weight excluding hydrogens is 346 g/mol. The minimum absolute atomic E-state index is 0.0949. The van der Waals surface area contributed by atoms with E-state index in [2.05, 4.69) is 10.0 Å². The number of hydrogen-bond donors (Lipinski definition) is 2. The highest BCUT2D eigenvalue weighted by molar-refractivity contribution is 7.89. The number of anilines is 1. The van der Waals surface area contributed by atoms with Gasteiger partial charge in [0, 0.05) is 18.3 Å². The van der Waals surface area contributed by atoms with Crippen molar-refractivity contribution in [1.29, 1.82) is 5.26 Å². The summed E-state index contributed by atoms with van der Waals surface area (Å²) in [6.07, 6.45) is 1.82. The van der Waals surface area contributed by atoms with Gasteiger partial charge in [-0.1, -0.05) is 23.7 Å². The van der Waals surface area contributed by atoms with Crippen LogP contribution < -0.4 is 10.0 Å². The van der Waals surface area contributed by atoms with Gasteiger partial charge in [-0.3, -0.25) is 0 Å². The van der Waals surface area contributed by atoms with E-state index < -0.39 is 10.0 Å². The molecule has 5 nitrogen and oxygen atoms in total. The van der Waals surface area contributed by atoms with Crippen LogP contribution in [0.4, 0.5) is 5.69 Å². The van der Waals surface area contributed by atoms with E-state index in [9.17, 15) is 8.42 Å². The van der Waals surface area contributed by atoms with Crippen LogP contribution in [0, 0.1) is 11.3 Å². The van der Waals surface area contributed by atoms with E-state index in [4.69, 9.17) is 16.9 Å². The number of nitrogens with one attached hydrogen (secondary N) is 2. The fourth-order valence-electron chi connectivity index (χ4n) is 2.19. The van der Waals surface area contributed by atoms with Crippen LogP contribution in [0.25, 0.3) is 0 Å². The lowest BCUT2D eigenvalue weighted by Gasteiger charge is -2.09. The van der Waals surface area contributed by atoms with Crippen molar-refractivity contribution in [3.05, 3.63) is 58.6 Å². The predicted molar refractivity (Wildman–Crippen MR) is 93.3 cm³/mol. The second-order valence-corrected chi connectivity index (χ2v) is 7.82. The van der Waals surface area contributed by atoms with Gasteiger partial charge in [-0.15, -0.1) is 0 Å². The maximum absolute atomic E-state index is 12.1. The minimum Gasteiger partial charge on any atom is -0.381 e. The average molecular weight is 362 g/mol. The SMILES string of the molecule is N#Cc1ccc(NCc2ccc(S(=O)(=O)NC3CC3)cc2)cc1Cl. The van der Waals surface area contributed by atoms with Crippen molar-refractivity contribution >= 4 is 27.3 Å². The standard InChI is InChI=1S/C17H16ClN3O2S/c18-17-9-15(4-3-13(17)10-19)20-11-12-1-7-16(8-2-12)24(22,23)21-14-5-6-14/h1-4,7-9,14,20-21H,5-6,11H2. The molecule has 24 heavy (non-hydrogen) atoms. The zero-order valence-electron chi connectivity index (χ0n) is 12.8. The normalized spacial score (nSPS) is 14.2. The van der Waals surface area contributed by atoms with Crippen molar-refractivity contribution in [2.45, 2.75) is 30.3 Å². The Hall–Kier alpha value is -2.07. The molecule has 2 N–H and O–H groups in total. The summed E-state index contributed by atoms with van der Waals surface area (Å²) >= 11 is 5.99. The van der Waals surface area contributed by atoms with Crippen molar-refractivity contribution in [3.63, 3.8) is 0 Å². The number of benzene rings is 2. The van der Waals surface area contributed by atoms with Gasteiger partial charge in [0.25, 0.3) is 0 Å². The summed E-state index contributed by atoms with van der Waals surface area (Å²) in [5.74, 6) is 0. The summed E-state index contributed by atoms with van der Waals surface area (Å²) in [5.41, 5.74) is 2.17. The quantitative estimate of drug-likeness (QED) is 0.827. The fraction of sp³-hybridized carbons (Fsp3) is 0.235. The highest BCUT2D eigenvalue weighted by atomic mass is 35.5. The Morgan fingerprint density at radius 1 is 1.17 bits per heavy atom. The average Bonchev–Trinajstić information content (AvgIpc) is 3.37. The summed E-state index contributed by atoms with van der Waals surface area (Å²) in [7, 11) is -3.41. The Morgan fingerprint density at radius 3 is 2.46 bits per heavy atom. The van der Waals surface area contributed by atoms with E-state index in [1.807, 2.05) is 6.07 Å². The van der Waals surface area contributed by atoms with Gasteiger partial charge >= 0.3 is 0 Å². The monoisotopic (exact) mass is 361 g/mol. The molecule has 0 unspecified atom stereocenters. The molecular formula is C17H16ClN3O2S. The van der Waals surface area contributed by atoms with E-state index >= 15 is 0 Å². The van der Waals surface area contributed by atoms with Gasteiger partial charge in [0.05, 0.1) is 15.5 Å². The zero-order valence-corrected chi connectivity index (χ0v) is 14.4. The van der Waals surface area contributed by atoms with E-state index in [-0.39, 0.29) is 10.9 Å². The lowest BCUT2D eigenvalue weighted by molar-refractivity contribution is 0.581. The first kappa shape index (κ1) is 16.8. The van der Waals surface area contributed by atoms with Gasteiger partial charge < -0.3 is 5.32 Å². The highest BCUT2D eigenvalue weighted by Crippen LogP contribution is 2.23. The molecule has 0 aliphatic heterocycles. The van der Waals surface area contributed by atoms with Gasteiger partial charge in [-0.2, -0.15) is 5.26 Å². The lowest BCUT2D eigenvalue weighted by Crippen LogP contribution is -2.25. The summed E-state index contributed by atoms with van der Waals surface area (Å²) in [6, 6.07) is 14.0. The molecule has 2 aromatic rings. The van der Waals surface area contributed by atoms with Gasteiger partial charge in [0.15, 0.2) is 0 Å². The maximum atomic E-state index is 12.1. The first-order valence-electron chi connectivity index (χ1n) is 7.53. The second-order valence-electron chi connectivity index (χ2n) is 5.70. The van der Waals surface area contributed by atoms with E-state index in [0.717, 1.165) is 24.1 Å². The highest BCUT2D eigenvalue weighted by Gasteiger charge is 2.27. The van der Waals surface area contributed by atoms with Gasteiger partial charge in [0.1, 0.15) is 6.07 Å². The fourth-order valence-corrected chi connectivity index (χ4v) is 3.72. The van der Waals surface area contributed by atoms with Crippen LogP contribution in [-0.2, 0) is 16.6 Å². The van der Waals surface area contributed by atoms with Crippen molar-refractivity contribution in [1.82, 2.24) is 4.72 Å². The molecule has 0 bridgehead atoms. The lowest BCUT2D eigenvalue weighted by atomic mass is 10.2. The maximum Gasteiger partial charge on any atom is 0.240 e. The predicted octanol–water partition coefficient (Wildman–Crippen LogP) is 3.26. The van der Waals surface area contributed by atoms with E-state index in [0.29, 0.717) is 17.1 Å². The minimum atomic E-state index is -3.41. The summed E-state index contributed by atoms with van der Waals surface area (Å²) in [4.78, 5) is 0.277. The second kappa shape index (κ2) is 6.81. The van der Waals surface area contributed by atoms with Gasteiger partial charge in [-0.25, -0.2) is 13.1 Å². The summed E-state index contributed by atoms with van der Waals surface area (Å²) in [6.45, 7) is 0.526. The van der Waals surface area contributed by atoms with Crippen molar-refractivity contribution in [2.24, 2.45) is 0 Å². The topological polar surface area (TPSA) is 82.0 Å². The van der Waals surface area contributed by atoms with E-state index in [1.54, 1.807) is 42.5 Å². The number of halogens is 1. The number of sulfonamides is 1. The molecule has 1 fully saturated rings. The molecule has 2 aromatic carbocycles.